The number of nitrogens with one attached hydrogen (secondary N) is 1. The first-order valence-electron chi connectivity index (χ1n) is 2.00. The molecular formula is C3H2F3N2O+. The third kappa shape index (κ3) is 1.18. The van der Waals surface area contributed by atoms with Crippen molar-refractivity contribution in [2.45, 2.75) is 6.18 Å². The van der Waals surface area contributed by atoms with Crippen LogP contribution in [0.25, 0.3) is 0 Å². The van der Waals surface area contributed by atoms with E-state index in [2.05, 4.69) is 9.79 Å². The summed E-state index contributed by atoms with van der Waals surface area (Å²) in [5.74, 6) is 0. The Labute approximate surface area is 47.4 Å². The summed E-state index contributed by atoms with van der Waals surface area (Å²) in [7, 11) is 0. The van der Waals surface area contributed by atoms with Crippen molar-refractivity contribution in [2.24, 2.45) is 0 Å². The van der Waals surface area contributed by atoms with Crippen LogP contribution in [0.1, 0.15) is 5.69 Å². The van der Waals surface area contributed by atoms with Gasteiger partial charge >= 0.3 is 11.9 Å². The molecule has 0 aliphatic carbocycles. The lowest BCUT2D eigenvalue weighted by atomic mass is 10.5. The Kier molecular flexibility index (Phi) is 1.15. The summed E-state index contributed by atoms with van der Waals surface area (Å²) >= 11 is 0. The van der Waals surface area contributed by atoms with Gasteiger partial charge in [0.1, 0.15) is 0 Å². The molecule has 0 bridgehead atoms. The molecule has 9 heavy (non-hydrogen) atoms. The first-order chi connectivity index (χ1) is 4.11. The van der Waals surface area contributed by atoms with Gasteiger partial charge in [0.15, 0.2) is 5.27 Å². The standard InChI is InChI=1S/C3HF3N2O/c4-3(5,6)2-1-9-8-7-2/h1H/p+1. The Morgan fingerprint density at radius 1 is 1.56 bits per heavy atom. The van der Waals surface area contributed by atoms with E-state index in [4.69, 9.17) is 0 Å². The van der Waals surface area contributed by atoms with Crippen molar-refractivity contribution >= 4 is 0 Å². The molecule has 1 rings (SSSR count). The summed E-state index contributed by atoms with van der Waals surface area (Å²) in [5.41, 5.74) is -0.984. The highest BCUT2D eigenvalue weighted by Gasteiger charge is 2.40. The molecule has 0 fully saturated rings. The van der Waals surface area contributed by atoms with Crippen LogP contribution in [0, 0.1) is 0 Å². The van der Waals surface area contributed by atoms with E-state index in [9.17, 15) is 13.2 Å². The Morgan fingerprint density at radius 2 is 2.22 bits per heavy atom. The van der Waals surface area contributed by atoms with E-state index in [1.165, 1.54) is 0 Å². The molecule has 3 nitrogen and oxygen atoms in total. The zero-order valence-corrected chi connectivity index (χ0v) is 4.07. The quantitative estimate of drug-likeness (QED) is 0.525. The van der Waals surface area contributed by atoms with Gasteiger partial charge in [0.2, 0.25) is 6.26 Å². The van der Waals surface area contributed by atoms with Gasteiger partial charge in [-0.15, -0.1) is 0 Å². The number of rotatable bonds is 0. The fraction of sp³-hybridized carbons (Fsp3) is 0.333. The van der Waals surface area contributed by atoms with Gasteiger partial charge in [0, 0.05) is 0 Å². The molecule has 0 unspecified atom stereocenters. The molecule has 0 spiro atoms. The summed E-state index contributed by atoms with van der Waals surface area (Å²) in [6.07, 6.45) is -3.89. The third-order valence-corrected chi connectivity index (χ3v) is 0.695. The largest absolute Gasteiger partial charge is 0.483 e. The zero-order chi connectivity index (χ0) is 6.91. The van der Waals surface area contributed by atoms with Crippen molar-refractivity contribution in [3.63, 3.8) is 0 Å². The molecule has 0 saturated carbocycles. The second-order valence-corrected chi connectivity index (χ2v) is 1.34. The van der Waals surface area contributed by atoms with Crippen LogP contribution in [-0.4, -0.2) is 5.27 Å². The van der Waals surface area contributed by atoms with Crippen LogP contribution < -0.4 is 5.10 Å². The Hall–Kier alpha value is -1.07. The minimum absolute atomic E-state index is 0.500. The molecule has 0 aromatic carbocycles. The summed E-state index contributed by atoms with van der Waals surface area (Å²) in [6, 6.07) is 0. The van der Waals surface area contributed by atoms with Gasteiger partial charge < -0.3 is 4.52 Å². The molecule has 50 valence electrons. The van der Waals surface area contributed by atoms with Gasteiger partial charge in [0.05, 0.1) is 0 Å². The van der Waals surface area contributed by atoms with E-state index >= 15 is 0 Å². The number of aromatic nitrogens is 2. The highest BCUT2D eigenvalue weighted by atomic mass is 19.4. The van der Waals surface area contributed by atoms with E-state index in [-0.39, 0.29) is 0 Å². The summed E-state index contributed by atoms with van der Waals surface area (Å²) in [4.78, 5) is 0. The van der Waals surface area contributed by atoms with E-state index in [1.54, 1.807) is 5.10 Å². The number of H-pyrrole nitrogens is 1. The zero-order valence-electron chi connectivity index (χ0n) is 4.07. The van der Waals surface area contributed by atoms with Crippen molar-refractivity contribution in [1.82, 2.24) is 5.27 Å². The van der Waals surface area contributed by atoms with Crippen molar-refractivity contribution in [3.8, 4) is 0 Å². The number of hydrogen-bond acceptors (Lipinski definition) is 2. The molecule has 0 amide bonds. The van der Waals surface area contributed by atoms with Crippen LogP contribution >= 0.6 is 0 Å². The predicted molar refractivity (Wildman–Crippen MR) is 18.1 cm³/mol. The molecule has 1 heterocycles. The third-order valence-electron chi connectivity index (χ3n) is 0.695. The SMILES string of the molecule is FC(F)(F)c1con[nH+]1. The summed E-state index contributed by atoms with van der Waals surface area (Å²) in [6.45, 7) is 0. The van der Waals surface area contributed by atoms with Crippen LogP contribution in [0.4, 0.5) is 13.2 Å². The molecule has 1 aromatic heterocycles. The maximum atomic E-state index is 11.5. The van der Waals surface area contributed by atoms with Crippen molar-refractivity contribution in [1.29, 1.82) is 0 Å². The average molecular weight is 139 g/mol. The highest BCUT2D eigenvalue weighted by molar-refractivity contribution is 4.86. The predicted octanol–water partition coefficient (Wildman–Crippen LogP) is 0.507. The number of halogens is 3. The number of alkyl halides is 3. The minimum Gasteiger partial charge on any atom is -0.308 e. The molecule has 0 radical (unpaired) electrons. The Balaban J connectivity index is 2.90. The molecule has 6 heteroatoms. The number of aromatic amines is 1. The van der Waals surface area contributed by atoms with Gasteiger partial charge in [-0.25, -0.2) is 0 Å². The van der Waals surface area contributed by atoms with Crippen LogP contribution in [0.3, 0.4) is 0 Å². The number of hydrogen-bond donors (Lipinski definition) is 0. The van der Waals surface area contributed by atoms with Crippen LogP contribution in [0.15, 0.2) is 10.8 Å². The molecular weight excluding hydrogens is 137 g/mol. The monoisotopic (exact) mass is 139 g/mol. The highest BCUT2D eigenvalue weighted by Crippen LogP contribution is 2.24. The average Bonchev–Trinajstić information content (AvgIpc) is 2.08. The second-order valence-electron chi connectivity index (χ2n) is 1.34. The van der Waals surface area contributed by atoms with Gasteiger partial charge in [-0.2, -0.15) is 13.2 Å². The maximum Gasteiger partial charge on any atom is 0.483 e. The van der Waals surface area contributed by atoms with Crippen molar-refractivity contribution in [2.75, 3.05) is 0 Å². The van der Waals surface area contributed by atoms with Crippen LogP contribution in [-0.2, 0) is 6.18 Å². The van der Waals surface area contributed by atoms with E-state index in [1.807, 2.05) is 0 Å². The smallest absolute Gasteiger partial charge is 0.308 e. The van der Waals surface area contributed by atoms with E-state index in [0.717, 1.165) is 0 Å². The van der Waals surface area contributed by atoms with Crippen molar-refractivity contribution in [3.05, 3.63) is 12.0 Å². The van der Waals surface area contributed by atoms with Gasteiger partial charge in [-0.05, 0) is 0 Å². The molecule has 0 saturated heterocycles. The lowest BCUT2D eigenvalue weighted by Crippen LogP contribution is -2.18. The Bertz CT molecular complexity index is 179. The van der Waals surface area contributed by atoms with Gasteiger partial charge in [-0.3, -0.25) is 0 Å². The lowest BCUT2D eigenvalue weighted by Gasteiger charge is -1.91. The second kappa shape index (κ2) is 1.71. The molecule has 0 atom stereocenters. The lowest BCUT2D eigenvalue weighted by molar-refractivity contribution is -0.502. The van der Waals surface area contributed by atoms with Gasteiger partial charge in [-0.1, -0.05) is 5.10 Å². The molecule has 1 N–H and O–H groups in total. The van der Waals surface area contributed by atoms with Gasteiger partial charge in [0.25, 0.3) is 0 Å². The molecule has 1 aromatic rings. The van der Waals surface area contributed by atoms with Crippen LogP contribution in [0.5, 0.6) is 0 Å². The normalized spacial score (nSPS) is 11.9. The summed E-state index contributed by atoms with van der Waals surface area (Å²) in [5, 5.41) is 4.40. The van der Waals surface area contributed by atoms with E-state index in [0.29, 0.717) is 6.26 Å². The van der Waals surface area contributed by atoms with E-state index < -0.39 is 11.9 Å². The topological polar surface area (TPSA) is 40.2 Å². The summed E-state index contributed by atoms with van der Waals surface area (Å²) < 4.78 is 38.4. The molecule has 0 aliphatic rings. The molecule has 0 aliphatic heterocycles. The Morgan fingerprint density at radius 3 is 2.44 bits per heavy atom. The maximum absolute atomic E-state index is 11.5. The van der Waals surface area contributed by atoms with Crippen molar-refractivity contribution < 1.29 is 22.8 Å². The fourth-order valence-corrected chi connectivity index (χ4v) is 0.311. The number of nitrogens with zero attached hydrogens (tertiary/aromatic N) is 1. The first kappa shape index (κ1) is 6.06. The van der Waals surface area contributed by atoms with Crippen LogP contribution in [0.2, 0.25) is 0 Å². The minimum atomic E-state index is -4.39. The first-order valence-corrected chi connectivity index (χ1v) is 2.00. The fourth-order valence-electron chi connectivity index (χ4n) is 0.311.